The van der Waals surface area contributed by atoms with Crippen LogP contribution in [0.3, 0.4) is 0 Å². The molecule has 1 aliphatic heterocycles. The number of aliphatic carboxylic acids is 1. The molecule has 23 heavy (non-hydrogen) atoms. The fraction of sp³-hybridized carbons (Fsp3) is 0.467. The van der Waals surface area contributed by atoms with E-state index in [0.717, 1.165) is 5.56 Å². The summed E-state index contributed by atoms with van der Waals surface area (Å²) in [5.74, 6) is -1.32. The summed E-state index contributed by atoms with van der Waals surface area (Å²) in [7, 11) is -3.42. The molecule has 0 aliphatic carbocycles. The van der Waals surface area contributed by atoms with E-state index in [-0.39, 0.29) is 18.8 Å². The van der Waals surface area contributed by atoms with Crippen LogP contribution in [0.1, 0.15) is 25.3 Å². The van der Waals surface area contributed by atoms with Crippen molar-refractivity contribution < 1.29 is 27.9 Å². The van der Waals surface area contributed by atoms with Gasteiger partial charge in [0, 0.05) is 0 Å². The zero-order valence-electron chi connectivity index (χ0n) is 12.7. The topological polar surface area (TPSA) is 110 Å². The Bertz CT molecular complexity index is 687. The minimum atomic E-state index is -3.42. The molecule has 0 spiro atoms. The molecule has 126 valence electrons. The maximum absolute atomic E-state index is 12.0. The Morgan fingerprint density at radius 1 is 1.35 bits per heavy atom. The van der Waals surface area contributed by atoms with Gasteiger partial charge in [-0.15, -0.1) is 0 Å². The average Bonchev–Trinajstić information content (AvgIpc) is 2.70. The Balaban J connectivity index is 2.06. The normalized spacial score (nSPS) is 25.7. The van der Waals surface area contributed by atoms with Crippen LogP contribution in [0.4, 0.5) is 4.79 Å². The number of benzene rings is 1. The van der Waals surface area contributed by atoms with Crippen molar-refractivity contribution in [2.75, 3.05) is 5.75 Å². The van der Waals surface area contributed by atoms with Crippen molar-refractivity contribution in [3.05, 3.63) is 35.9 Å². The Morgan fingerprint density at radius 2 is 2.00 bits per heavy atom. The lowest BCUT2D eigenvalue weighted by Gasteiger charge is -2.31. The van der Waals surface area contributed by atoms with Gasteiger partial charge in [0.1, 0.15) is 6.61 Å². The number of nitrogens with one attached hydrogen (secondary N) is 1. The number of carbonyl (C=O) groups excluding carboxylic acids is 1. The first-order chi connectivity index (χ1) is 10.8. The first-order valence-electron chi connectivity index (χ1n) is 7.17. The summed E-state index contributed by atoms with van der Waals surface area (Å²) in [6, 6.07) is 8.99. The van der Waals surface area contributed by atoms with E-state index >= 15 is 0 Å². The summed E-state index contributed by atoms with van der Waals surface area (Å²) in [6.45, 7) is 1.44. The van der Waals surface area contributed by atoms with Crippen molar-refractivity contribution in [3.63, 3.8) is 0 Å². The van der Waals surface area contributed by atoms with Crippen LogP contribution in [-0.4, -0.2) is 42.1 Å². The summed E-state index contributed by atoms with van der Waals surface area (Å²) >= 11 is 0. The van der Waals surface area contributed by atoms with Crippen molar-refractivity contribution in [2.45, 2.75) is 37.2 Å². The third kappa shape index (κ3) is 4.01. The van der Waals surface area contributed by atoms with Gasteiger partial charge >= 0.3 is 12.1 Å². The molecule has 2 rings (SSSR count). The van der Waals surface area contributed by atoms with Crippen LogP contribution in [0, 0.1) is 0 Å². The second-order valence-electron chi connectivity index (χ2n) is 5.67. The summed E-state index contributed by atoms with van der Waals surface area (Å²) in [4.78, 5) is 23.1. The maximum Gasteiger partial charge on any atom is 0.407 e. The van der Waals surface area contributed by atoms with E-state index in [4.69, 9.17) is 9.84 Å². The minimum Gasteiger partial charge on any atom is -0.481 e. The van der Waals surface area contributed by atoms with Crippen LogP contribution in [0.5, 0.6) is 0 Å². The van der Waals surface area contributed by atoms with Crippen LogP contribution >= 0.6 is 0 Å². The van der Waals surface area contributed by atoms with Gasteiger partial charge in [0.15, 0.2) is 9.84 Å². The average molecular weight is 341 g/mol. The van der Waals surface area contributed by atoms with Crippen LogP contribution in [0.15, 0.2) is 30.3 Å². The Morgan fingerprint density at radius 3 is 2.52 bits per heavy atom. The molecular weight excluding hydrogens is 322 g/mol. The maximum atomic E-state index is 12.0. The standard InChI is InChI=1S/C15H19NO6S/c1-11-15(9-13(17)18,7-8-23(11,20)21)16-14(19)22-10-12-5-3-2-4-6-12/h2-6,11H,7-10H2,1H3,(H,16,19)(H,17,18). The van der Waals surface area contributed by atoms with E-state index in [1.54, 1.807) is 24.3 Å². The number of carboxylic acids is 1. The summed E-state index contributed by atoms with van der Waals surface area (Å²) < 4.78 is 28.9. The van der Waals surface area contributed by atoms with Crippen molar-refractivity contribution >= 4 is 21.9 Å². The van der Waals surface area contributed by atoms with Crippen LogP contribution in [0.2, 0.25) is 0 Å². The Kier molecular flexibility index (Phi) is 4.93. The molecule has 0 bridgehead atoms. The van der Waals surface area contributed by atoms with Crippen LogP contribution < -0.4 is 5.32 Å². The van der Waals surface area contributed by atoms with E-state index < -0.39 is 39.1 Å². The molecule has 2 N–H and O–H groups in total. The molecular formula is C15H19NO6S. The predicted octanol–water partition coefficient (Wildman–Crippen LogP) is 1.33. The molecule has 2 unspecified atom stereocenters. The first-order valence-corrected chi connectivity index (χ1v) is 8.89. The number of alkyl carbamates (subject to hydrolysis) is 1. The SMILES string of the molecule is CC1C(CC(=O)O)(NC(=O)OCc2ccccc2)CCS1(=O)=O. The van der Waals surface area contributed by atoms with Gasteiger partial charge in [-0.3, -0.25) is 4.79 Å². The smallest absolute Gasteiger partial charge is 0.407 e. The van der Waals surface area contributed by atoms with Gasteiger partial charge in [-0.05, 0) is 18.9 Å². The number of ether oxygens (including phenoxy) is 1. The summed E-state index contributed by atoms with van der Waals surface area (Å²) in [6.07, 6.45) is -1.23. The van der Waals surface area contributed by atoms with E-state index in [1.165, 1.54) is 6.92 Å². The molecule has 2 atom stereocenters. The van der Waals surface area contributed by atoms with Crippen LogP contribution in [0.25, 0.3) is 0 Å². The third-order valence-corrected chi connectivity index (χ3v) is 6.48. The van der Waals surface area contributed by atoms with Crippen molar-refractivity contribution in [1.82, 2.24) is 5.32 Å². The molecule has 1 saturated heterocycles. The number of carbonyl (C=O) groups is 2. The van der Waals surface area contributed by atoms with Crippen molar-refractivity contribution in [1.29, 1.82) is 0 Å². The number of rotatable bonds is 5. The molecule has 1 aliphatic rings. The van der Waals surface area contributed by atoms with Crippen molar-refractivity contribution in [3.8, 4) is 0 Å². The lowest BCUT2D eigenvalue weighted by atomic mass is 9.89. The molecule has 0 radical (unpaired) electrons. The number of carboxylic acid groups (broad SMARTS) is 1. The van der Waals surface area contributed by atoms with Gasteiger partial charge in [0.05, 0.1) is 23.0 Å². The monoisotopic (exact) mass is 341 g/mol. The molecule has 0 saturated carbocycles. The number of sulfone groups is 1. The molecule has 1 heterocycles. The molecule has 1 fully saturated rings. The summed E-state index contributed by atoms with van der Waals surface area (Å²) in [5.41, 5.74) is -0.555. The number of hydrogen-bond acceptors (Lipinski definition) is 5. The van der Waals surface area contributed by atoms with E-state index in [9.17, 15) is 18.0 Å². The lowest BCUT2D eigenvalue weighted by Crippen LogP contribution is -2.55. The molecule has 1 aromatic carbocycles. The van der Waals surface area contributed by atoms with Gasteiger partial charge in [-0.1, -0.05) is 30.3 Å². The third-order valence-electron chi connectivity index (χ3n) is 4.18. The van der Waals surface area contributed by atoms with Crippen LogP contribution in [-0.2, 0) is 26.0 Å². The fourth-order valence-corrected chi connectivity index (χ4v) is 4.67. The largest absolute Gasteiger partial charge is 0.481 e. The molecule has 8 heteroatoms. The predicted molar refractivity (Wildman–Crippen MR) is 82.6 cm³/mol. The highest BCUT2D eigenvalue weighted by Gasteiger charge is 2.52. The molecule has 1 aromatic rings. The zero-order chi connectivity index (χ0) is 17.1. The summed E-state index contributed by atoms with van der Waals surface area (Å²) in [5, 5.41) is 10.6. The van der Waals surface area contributed by atoms with Gasteiger partial charge in [-0.2, -0.15) is 0 Å². The quantitative estimate of drug-likeness (QED) is 0.836. The Labute approximate surface area is 134 Å². The van der Waals surface area contributed by atoms with Gasteiger partial charge < -0.3 is 15.2 Å². The van der Waals surface area contributed by atoms with Gasteiger partial charge in [0.25, 0.3) is 0 Å². The highest BCUT2D eigenvalue weighted by atomic mass is 32.2. The number of amides is 1. The van der Waals surface area contributed by atoms with E-state index in [1.807, 2.05) is 6.07 Å². The van der Waals surface area contributed by atoms with Crippen molar-refractivity contribution in [2.24, 2.45) is 0 Å². The second kappa shape index (κ2) is 6.57. The molecule has 1 amide bonds. The highest BCUT2D eigenvalue weighted by Crippen LogP contribution is 2.34. The fourth-order valence-electron chi connectivity index (χ4n) is 2.72. The molecule has 7 nitrogen and oxygen atoms in total. The Hall–Kier alpha value is -2.09. The van der Waals surface area contributed by atoms with E-state index in [0.29, 0.717) is 0 Å². The number of hydrogen-bond donors (Lipinski definition) is 2. The second-order valence-corrected chi connectivity index (χ2v) is 8.11. The first kappa shape index (κ1) is 17.3. The van der Waals surface area contributed by atoms with E-state index in [2.05, 4.69) is 5.32 Å². The lowest BCUT2D eigenvalue weighted by molar-refractivity contribution is -0.138. The van der Waals surface area contributed by atoms with Gasteiger partial charge in [-0.25, -0.2) is 13.2 Å². The van der Waals surface area contributed by atoms with Gasteiger partial charge in [0.2, 0.25) is 0 Å². The molecule has 0 aromatic heterocycles. The minimum absolute atomic E-state index is 0.0248. The zero-order valence-corrected chi connectivity index (χ0v) is 13.5. The highest BCUT2D eigenvalue weighted by molar-refractivity contribution is 7.92.